The second-order valence-electron chi connectivity index (χ2n) is 16.3. The molecule has 1 aliphatic heterocycles. The number of rotatable bonds is 19. The highest BCUT2D eigenvalue weighted by molar-refractivity contribution is 6.43. The average molecular weight is 913 g/mol. The van der Waals surface area contributed by atoms with Crippen molar-refractivity contribution in [2.75, 3.05) is 15.6 Å². The molecule has 61 heavy (non-hydrogen) atoms. The number of hydrogen-bond donors (Lipinski definition) is 4. The summed E-state index contributed by atoms with van der Waals surface area (Å²) in [4.78, 5) is 28.0. The maximum absolute atomic E-state index is 14.1. The minimum absolute atomic E-state index is 0.0116. The third-order valence-electron chi connectivity index (χ3n) is 10.2. The van der Waals surface area contributed by atoms with Gasteiger partial charge in [-0.25, -0.2) is 0 Å². The van der Waals surface area contributed by atoms with Crippen LogP contribution < -0.4 is 20.4 Å². The fraction of sp³-hybridized carbons (Fsp3) is 0.413. The maximum Gasteiger partial charge on any atom is 0.282 e. The molecule has 0 saturated heterocycles. The first kappa shape index (κ1) is 47.5. The van der Waals surface area contributed by atoms with Crippen molar-refractivity contribution in [3.05, 3.63) is 97.9 Å². The van der Waals surface area contributed by atoms with Crippen molar-refractivity contribution in [2.45, 2.75) is 123 Å². The van der Waals surface area contributed by atoms with Crippen LogP contribution in [-0.2, 0) is 15.0 Å². The Balaban J connectivity index is 1.38. The van der Waals surface area contributed by atoms with E-state index < -0.39 is 18.1 Å². The number of nitrogens with zero attached hydrogens (tertiary/aromatic N) is 4. The summed E-state index contributed by atoms with van der Waals surface area (Å²) >= 11 is 25.9. The lowest BCUT2D eigenvalue weighted by Crippen LogP contribution is -2.33. The molecule has 4 N–H and O–H groups in total. The summed E-state index contributed by atoms with van der Waals surface area (Å²) in [5.74, 6) is -0.509. The van der Waals surface area contributed by atoms with Crippen LogP contribution in [0.2, 0.25) is 20.1 Å². The van der Waals surface area contributed by atoms with E-state index in [-0.39, 0.29) is 60.1 Å². The molecule has 2 unspecified atom stereocenters. The highest BCUT2D eigenvalue weighted by Gasteiger charge is 2.40. The quantitative estimate of drug-likeness (QED) is 0.0544. The first-order chi connectivity index (χ1) is 29.0. The van der Waals surface area contributed by atoms with Gasteiger partial charge < -0.3 is 25.6 Å². The van der Waals surface area contributed by atoms with E-state index in [1.54, 1.807) is 48.5 Å². The number of benzene rings is 4. The number of phenols is 2. The monoisotopic (exact) mass is 910 g/mol. The normalized spacial score (nSPS) is 14.7. The van der Waals surface area contributed by atoms with Crippen LogP contribution in [0.1, 0.15) is 109 Å². The van der Waals surface area contributed by atoms with Gasteiger partial charge in [0.05, 0.1) is 20.8 Å². The number of unbranched alkanes of at least 4 members (excludes halogenated alkanes) is 9. The third-order valence-corrected chi connectivity index (χ3v) is 11.3. The SMILES string of the molecule is CCCCCCCCCCCCC(Oc1ccc(O)c(C(C)(C)C)c1)C(=O)Nc1ccc(Cl)c(NC2=NN(c3c(Cl)cc(Cl)cc3Cl)C(=O)C2/N=N/c2cc(C)ccc2O)c1. The molecule has 0 aliphatic carbocycles. The van der Waals surface area contributed by atoms with E-state index in [4.69, 9.17) is 51.1 Å². The largest absolute Gasteiger partial charge is 0.508 e. The zero-order valence-corrected chi connectivity index (χ0v) is 38.2. The Bertz CT molecular complexity index is 2220. The lowest BCUT2D eigenvalue weighted by Gasteiger charge is -2.23. The van der Waals surface area contributed by atoms with Gasteiger partial charge in [0.15, 0.2) is 11.9 Å². The van der Waals surface area contributed by atoms with Crippen molar-refractivity contribution >= 4 is 86.8 Å². The fourth-order valence-electron chi connectivity index (χ4n) is 6.85. The van der Waals surface area contributed by atoms with Crippen molar-refractivity contribution < 1.29 is 24.5 Å². The first-order valence-corrected chi connectivity index (χ1v) is 22.2. The Labute approximate surface area is 378 Å². The van der Waals surface area contributed by atoms with Crippen molar-refractivity contribution in [1.29, 1.82) is 0 Å². The number of carbonyl (C=O) groups excluding carboxylic acids is 2. The van der Waals surface area contributed by atoms with Crippen LogP contribution in [0, 0.1) is 6.92 Å². The summed E-state index contributed by atoms with van der Waals surface area (Å²) < 4.78 is 6.37. The van der Waals surface area contributed by atoms with Gasteiger partial charge in [-0.3, -0.25) is 9.59 Å². The number of nitrogens with one attached hydrogen (secondary N) is 2. The number of hydrogen-bond acceptors (Lipinski definition) is 9. The molecule has 1 heterocycles. The molecule has 11 nitrogen and oxygen atoms in total. The van der Waals surface area contributed by atoms with Gasteiger partial charge in [0, 0.05) is 16.3 Å². The summed E-state index contributed by atoms with van der Waals surface area (Å²) in [6.45, 7) is 10.0. The molecule has 4 aromatic carbocycles. The predicted molar refractivity (Wildman–Crippen MR) is 249 cm³/mol. The highest BCUT2D eigenvalue weighted by atomic mass is 35.5. The molecule has 2 atom stereocenters. The number of amides is 2. The van der Waals surface area contributed by atoms with Crippen LogP contribution >= 0.6 is 46.4 Å². The van der Waals surface area contributed by atoms with Gasteiger partial charge in [-0.15, -0.1) is 5.10 Å². The Morgan fingerprint density at radius 3 is 2.13 bits per heavy atom. The highest BCUT2D eigenvalue weighted by Crippen LogP contribution is 2.40. The zero-order chi connectivity index (χ0) is 44.3. The van der Waals surface area contributed by atoms with Crippen molar-refractivity contribution in [2.24, 2.45) is 15.3 Å². The molecule has 4 aromatic rings. The van der Waals surface area contributed by atoms with Crippen LogP contribution in [-0.4, -0.2) is 40.0 Å². The molecule has 0 bridgehead atoms. The fourth-order valence-corrected chi connectivity index (χ4v) is 7.99. The number of ether oxygens (including phenoxy) is 1. The molecule has 1 aliphatic rings. The van der Waals surface area contributed by atoms with E-state index in [0.717, 1.165) is 36.3 Å². The van der Waals surface area contributed by atoms with Crippen molar-refractivity contribution in [3.63, 3.8) is 0 Å². The number of aromatic hydroxyl groups is 2. The van der Waals surface area contributed by atoms with Crippen molar-refractivity contribution in [3.8, 4) is 17.2 Å². The summed E-state index contributed by atoms with van der Waals surface area (Å²) in [5.41, 5.74) is 2.08. The van der Waals surface area contributed by atoms with Crippen LogP contribution in [0.25, 0.3) is 0 Å². The first-order valence-electron chi connectivity index (χ1n) is 20.7. The molecule has 0 saturated carbocycles. The number of hydrazone groups is 1. The summed E-state index contributed by atoms with van der Waals surface area (Å²) in [6, 6.07) is 16.2. The molecule has 0 fully saturated rings. The standard InChI is InChI=1S/C46H54Cl4N6O5/c1-6-7-8-9-10-11-12-13-14-15-16-40(61-31-19-22-38(57)32(27-31)46(3,4)5)44(59)51-30-18-20-33(48)36(26-30)52-43-41(54-53-37-23-28(2)17-21-39(37)58)45(60)56(55-43)42-34(49)24-29(47)25-35(42)50/h17-27,40-41,57-58H,6-16H2,1-5H3,(H,51,59)(H,52,55)/b54-53+. The molecular formula is C46H54Cl4N6O5. The number of azo groups is 1. The lowest BCUT2D eigenvalue weighted by molar-refractivity contribution is -0.123. The average Bonchev–Trinajstić information content (AvgIpc) is 3.49. The number of phenolic OH excluding ortho intramolecular Hbond substituents is 2. The second-order valence-corrected chi connectivity index (χ2v) is 17.9. The van der Waals surface area contributed by atoms with E-state index >= 15 is 0 Å². The number of anilines is 3. The molecule has 15 heteroatoms. The van der Waals surface area contributed by atoms with E-state index in [0.29, 0.717) is 29.1 Å². The predicted octanol–water partition coefficient (Wildman–Crippen LogP) is 13.9. The van der Waals surface area contributed by atoms with Crippen LogP contribution in [0.5, 0.6) is 17.2 Å². The molecule has 2 amide bonds. The Morgan fingerprint density at radius 2 is 1.48 bits per heavy atom. The Hall–Kier alpha value is -4.55. The maximum atomic E-state index is 14.1. The molecule has 5 rings (SSSR count). The topological polar surface area (TPSA) is 148 Å². The van der Waals surface area contributed by atoms with Gasteiger partial charge in [0.1, 0.15) is 28.6 Å². The van der Waals surface area contributed by atoms with Crippen LogP contribution in [0.4, 0.5) is 22.7 Å². The van der Waals surface area contributed by atoms with Crippen LogP contribution in [0.3, 0.4) is 0 Å². The van der Waals surface area contributed by atoms with E-state index in [1.165, 1.54) is 56.7 Å². The Morgan fingerprint density at radius 1 is 0.836 bits per heavy atom. The second kappa shape index (κ2) is 22.0. The molecule has 0 radical (unpaired) electrons. The smallest absolute Gasteiger partial charge is 0.282 e. The van der Waals surface area contributed by atoms with Gasteiger partial charge >= 0.3 is 0 Å². The summed E-state index contributed by atoms with van der Waals surface area (Å²) in [7, 11) is 0. The Kier molecular flexibility index (Phi) is 17.1. The van der Waals surface area contributed by atoms with Gasteiger partial charge in [0.25, 0.3) is 11.8 Å². The molecule has 0 aromatic heterocycles. The number of amidine groups is 1. The minimum atomic E-state index is -1.35. The summed E-state index contributed by atoms with van der Waals surface area (Å²) in [5, 5.41) is 41.8. The van der Waals surface area contributed by atoms with Crippen molar-refractivity contribution in [1.82, 2.24) is 0 Å². The van der Waals surface area contributed by atoms with Gasteiger partial charge in [-0.1, -0.05) is 138 Å². The summed E-state index contributed by atoms with van der Waals surface area (Å²) in [6.07, 6.45) is 11.2. The minimum Gasteiger partial charge on any atom is -0.508 e. The van der Waals surface area contributed by atoms with Crippen LogP contribution in [0.15, 0.2) is 82.1 Å². The van der Waals surface area contributed by atoms with Gasteiger partial charge in [-0.05, 0) is 91.4 Å². The van der Waals surface area contributed by atoms with E-state index in [9.17, 15) is 19.8 Å². The number of carbonyl (C=O) groups is 2. The lowest BCUT2D eigenvalue weighted by atomic mass is 9.86. The van der Waals surface area contributed by atoms with Gasteiger partial charge in [-0.2, -0.15) is 15.2 Å². The third kappa shape index (κ3) is 13.2. The number of halogens is 4. The van der Waals surface area contributed by atoms with E-state index in [1.807, 2.05) is 27.7 Å². The number of aryl methyl sites for hydroxylation is 1. The molecule has 326 valence electrons. The zero-order valence-electron chi connectivity index (χ0n) is 35.2. The van der Waals surface area contributed by atoms with E-state index in [2.05, 4.69) is 32.9 Å². The molecule has 0 spiro atoms. The van der Waals surface area contributed by atoms with Gasteiger partial charge in [0.2, 0.25) is 6.04 Å². The molecular weight excluding hydrogens is 858 g/mol.